The lowest BCUT2D eigenvalue weighted by Crippen LogP contribution is -2.28. The predicted molar refractivity (Wildman–Crippen MR) is 90.7 cm³/mol. The van der Waals surface area contributed by atoms with Crippen LogP contribution in [0.15, 0.2) is 24.3 Å². The minimum absolute atomic E-state index is 0.0671. The van der Waals surface area contributed by atoms with E-state index in [1.165, 1.54) is 12.1 Å². The number of ether oxygens (including phenoxy) is 1. The molecular weight excluding hydrogens is 317 g/mol. The fraction of sp³-hybridized carbons (Fsp3) is 0.632. The molecule has 0 radical (unpaired) electrons. The Morgan fingerprint density at radius 2 is 1.62 bits per heavy atom. The zero-order valence-corrected chi connectivity index (χ0v) is 15.4. The largest absolute Gasteiger partial charge is 0.462 e. The fourth-order valence-electron chi connectivity index (χ4n) is 2.24. The molecule has 24 heavy (non-hydrogen) atoms. The van der Waals surface area contributed by atoms with Crippen molar-refractivity contribution >= 4 is 5.97 Å². The van der Waals surface area contributed by atoms with Gasteiger partial charge in [0.25, 0.3) is 0 Å². The van der Waals surface area contributed by atoms with Gasteiger partial charge in [-0.1, -0.05) is 59.7 Å². The first kappa shape index (κ1) is 22.5. The first-order valence-corrected chi connectivity index (χ1v) is 8.38. The van der Waals surface area contributed by atoms with E-state index in [-0.39, 0.29) is 12.1 Å². The van der Waals surface area contributed by atoms with Crippen LogP contribution in [0.3, 0.4) is 0 Å². The SMILES string of the molecule is CCC(=O)OC(C(C)C)C(C)C.CCc1cccc(C(F)(F)F)c1. The van der Waals surface area contributed by atoms with Gasteiger partial charge in [0, 0.05) is 6.42 Å². The highest BCUT2D eigenvalue weighted by atomic mass is 19.4. The zero-order chi connectivity index (χ0) is 18.9. The van der Waals surface area contributed by atoms with E-state index in [1.54, 1.807) is 6.07 Å². The maximum absolute atomic E-state index is 12.1. The number of alkyl halides is 3. The average molecular weight is 346 g/mol. The molecule has 0 fully saturated rings. The summed E-state index contributed by atoms with van der Waals surface area (Å²) in [5.41, 5.74) is 0.145. The number of hydrogen-bond donors (Lipinski definition) is 0. The molecule has 0 N–H and O–H groups in total. The summed E-state index contributed by atoms with van der Waals surface area (Å²) >= 11 is 0. The Balaban J connectivity index is 0.000000441. The summed E-state index contributed by atoms with van der Waals surface area (Å²) in [5.74, 6) is 0.711. The van der Waals surface area contributed by atoms with Crippen LogP contribution in [0.2, 0.25) is 0 Å². The van der Waals surface area contributed by atoms with Crippen LogP contribution in [-0.4, -0.2) is 12.1 Å². The van der Waals surface area contributed by atoms with Crippen LogP contribution >= 0.6 is 0 Å². The van der Waals surface area contributed by atoms with Crippen LogP contribution in [0, 0.1) is 11.8 Å². The molecule has 0 atom stereocenters. The Morgan fingerprint density at radius 1 is 1.08 bits per heavy atom. The van der Waals surface area contributed by atoms with Gasteiger partial charge in [0.15, 0.2) is 0 Å². The number of halogens is 3. The van der Waals surface area contributed by atoms with E-state index in [0.717, 1.165) is 6.07 Å². The van der Waals surface area contributed by atoms with Crippen molar-refractivity contribution in [1.82, 2.24) is 0 Å². The normalized spacial score (nSPS) is 11.5. The molecule has 0 aromatic heterocycles. The molecule has 0 aliphatic carbocycles. The highest BCUT2D eigenvalue weighted by Gasteiger charge is 2.30. The van der Waals surface area contributed by atoms with Gasteiger partial charge in [-0.15, -0.1) is 0 Å². The molecule has 5 heteroatoms. The second kappa shape index (κ2) is 10.4. The average Bonchev–Trinajstić information content (AvgIpc) is 2.51. The van der Waals surface area contributed by atoms with Crippen LogP contribution in [0.1, 0.15) is 59.1 Å². The Hall–Kier alpha value is -1.52. The molecule has 138 valence electrons. The second-order valence-electron chi connectivity index (χ2n) is 6.35. The van der Waals surface area contributed by atoms with Crippen molar-refractivity contribution in [3.8, 4) is 0 Å². The summed E-state index contributed by atoms with van der Waals surface area (Å²) in [5, 5.41) is 0. The van der Waals surface area contributed by atoms with E-state index in [2.05, 4.69) is 27.7 Å². The van der Waals surface area contributed by atoms with Gasteiger partial charge in [0.1, 0.15) is 6.10 Å². The molecule has 0 saturated carbocycles. The molecule has 2 nitrogen and oxygen atoms in total. The van der Waals surface area contributed by atoms with E-state index in [1.807, 2.05) is 13.8 Å². The van der Waals surface area contributed by atoms with E-state index in [0.29, 0.717) is 30.2 Å². The van der Waals surface area contributed by atoms with Crippen molar-refractivity contribution in [3.05, 3.63) is 35.4 Å². The van der Waals surface area contributed by atoms with Gasteiger partial charge >= 0.3 is 12.1 Å². The summed E-state index contributed by atoms with van der Waals surface area (Å²) < 4.78 is 41.6. The second-order valence-corrected chi connectivity index (χ2v) is 6.35. The summed E-state index contributed by atoms with van der Waals surface area (Å²) in [6.07, 6.45) is -3.05. The van der Waals surface area contributed by atoms with Gasteiger partial charge < -0.3 is 4.74 Å². The lowest BCUT2D eigenvalue weighted by atomic mass is 9.96. The van der Waals surface area contributed by atoms with Gasteiger partial charge in [0.2, 0.25) is 0 Å². The molecule has 0 amide bonds. The first-order valence-electron chi connectivity index (χ1n) is 8.38. The third kappa shape index (κ3) is 8.37. The predicted octanol–water partition coefficient (Wildman–Crippen LogP) is 5.89. The van der Waals surface area contributed by atoms with Crippen molar-refractivity contribution in [2.24, 2.45) is 11.8 Å². The quantitative estimate of drug-likeness (QED) is 0.622. The maximum Gasteiger partial charge on any atom is 0.416 e. The monoisotopic (exact) mass is 346 g/mol. The molecule has 0 aliphatic heterocycles. The molecule has 0 aliphatic rings. The summed E-state index contributed by atoms with van der Waals surface area (Å²) in [7, 11) is 0. The minimum Gasteiger partial charge on any atom is -0.462 e. The first-order chi connectivity index (χ1) is 11.0. The number of benzene rings is 1. The van der Waals surface area contributed by atoms with Crippen LogP contribution in [-0.2, 0) is 22.1 Å². The van der Waals surface area contributed by atoms with Crippen molar-refractivity contribution in [2.75, 3.05) is 0 Å². The van der Waals surface area contributed by atoms with Crippen molar-refractivity contribution in [1.29, 1.82) is 0 Å². The number of aryl methyl sites for hydroxylation is 1. The van der Waals surface area contributed by atoms with Gasteiger partial charge in [-0.2, -0.15) is 13.2 Å². The lowest BCUT2D eigenvalue weighted by molar-refractivity contribution is -0.153. The molecule has 1 aromatic carbocycles. The number of carbonyl (C=O) groups excluding carboxylic acids is 1. The third-order valence-electron chi connectivity index (χ3n) is 3.53. The van der Waals surface area contributed by atoms with Crippen LogP contribution in [0.5, 0.6) is 0 Å². The number of rotatable bonds is 5. The summed E-state index contributed by atoms with van der Waals surface area (Å²) in [6.45, 7) is 12.0. The highest BCUT2D eigenvalue weighted by molar-refractivity contribution is 5.69. The Bertz CT molecular complexity index is 486. The van der Waals surface area contributed by atoms with Crippen molar-refractivity contribution < 1.29 is 22.7 Å². The van der Waals surface area contributed by atoms with Gasteiger partial charge in [-0.3, -0.25) is 4.79 Å². The van der Waals surface area contributed by atoms with Crippen molar-refractivity contribution in [3.63, 3.8) is 0 Å². The third-order valence-corrected chi connectivity index (χ3v) is 3.53. The van der Waals surface area contributed by atoms with E-state index in [9.17, 15) is 18.0 Å². The fourth-order valence-corrected chi connectivity index (χ4v) is 2.24. The van der Waals surface area contributed by atoms with Crippen LogP contribution < -0.4 is 0 Å². The molecule has 0 bridgehead atoms. The minimum atomic E-state index is -4.22. The van der Waals surface area contributed by atoms with Gasteiger partial charge in [-0.05, 0) is 29.9 Å². The smallest absolute Gasteiger partial charge is 0.416 e. The Labute approximate surface area is 143 Å². The number of hydrogen-bond acceptors (Lipinski definition) is 2. The van der Waals surface area contributed by atoms with Gasteiger partial charge in [-0.25, -0.2) is 0 Å². The standard InChI is InChI=1S/C10H20O2.C9H9F3/c1-6-9(11)12-10(7(2)3)8(4)5;1-2-7-4-3-5-8(6-7)9(10,11)12/h7-8,10H,6H2,1-5H3;3-6H,2H2,1H3. The van der Waals surface area contributed by atoms with E-state index < -0.39 is 11.7 Å². The zero-order valence-electron chi connectivity index (χ0n) is 15.4. The number of esters is 1. The summed E-state index contributed by atoms with van der Waals surface area (Å²) in [4.78, 5) is 11.0. The molecule has 0 heterocycles. The Kier molecular flexibility index (Phi) is 9.71. The number of carbonyl (C=O) groups is 1. The van der Waals surface area contributed by atoms with Gasteiger partial charge in [0.05, 0.1) is 5.56 Å². The molecule has 1 aromatic rings. The molecule has 0 unspecified atom stereocenters. The highest BCUT2D eigenvalue weighted by Crippen LogP contribution is 2.29. The Morgan fingerprint density at radius 3 is 2.00 bits per heavy atom. The summed E-state index contributed by atoms with van der Waals surface area (Å²) in [6, 6.07) is 5.38. The lowest BCUT2D eigenvalue weighted by Gasteiger charge is -2.24. The van der Waals surface area contributed by atoms with Crippen LogP contribution in [0.25, 0.3) is 0 Å². The van der Waals surface area contributed by atoms with E-state index >= 15 is 0 Å². The molecule has 0 spiro atoms. The van der Waals surface area contributed by atoms with Crippen molar-refractivity contribution in [2.45, 2.75) is 66.7 Å². The topological polar surface area (TPSA) is 26.3 Å². The van der Waals surface area contributed by atoms with E-state index in [4.69, 9.17) is 4.74 Å². The molecule has 0 saturated heterocycles. The molecular formula is C19H29F3O2. The van der Waals surface area contributed by atoms with Crippen LogP contribution in [0.4, 0.5) is 13.2 Å². The molecule has 1 rings (SSSR count). The maximum atomic E-state index is 12.1.